The molecule has 1 aromatic heterocycles. The first-order chi connectivity index (χ1) is 7.75. The maximum atomic E-state index is 10.7. The summed E-state index contributed by atoms with van der Waals surface area (Å²) in [6.07, 6.45) is 0. The molecule has 3 nitrogen and oxygen atoms in total. The van der Waals surface area contributed by atoms with Gasteiger partial charge in [-0.15, -0.1) is 11.3 Å². The molecule has 1 N–H and O–H groups in total. The van der Waals surface area contributed by atoms with Crippen LogP contribution < -0.4 is 4.74 Å². The summed E-state index contributed by atoms with van der Waals surface area (Å²) in [6.45, 7) is 0.397. The second-order valence-corrected chi connectivity index (χ2v) is 4.14. The molecule has 0 saturated heterocycles. The average molecular weight is 234 g/mol. The molecular weight excluding hydrogens is 224 g/mol. The number of carboxylic acid groups (broad SMARTS) is 1. The smallest absolute Gasteiger partial charge is 0.345 e. The molecule has 0 unspecified atom stereocenters. The number of carboxylic acids is 1. The molecule has 16 heavy (non-hydrogen) atoms. The van der Waals surface area contributed by atoms with Crippen molar-refractivity contribution in [2.45, 2.75) is 6.61 Å². The van der Waals surface area contributed by atoms with Crippen LogP contribution in [0.25, 0.3) is 0 Å². The van der Waals surface area contributed by atoms with Crippen LogP contribution in [0.1, 0.15) is 15.2 Å². The van der Waals surface area contributed by atoms with Crippen molar-refractivity contribution in [1.29, 1.82) is 0 Å². The summed E-state index contributed by atoms with van der Waals surface area (Å²) in [4.78, 5) is 11.0. The number of thiophene rings is 1. The zero-order valence-corrected chi connectivity index (χ0v) is 9.24. The van der Waals surface area contributed by atoms with Crippen LogP contribution in [0.5, 0.6) is 5.75 Å². The molecule has 0 saturated carbocycles. The van der Waals surface area contributed by atoms with Gasteiger partial charge in [-0.25, -0.2) is 4.79 Å². The molecule has 0 amide bonds. The molecule has 2 aromatic rings. The fourth-order valence-corrected chi connectivity index (χ4v) is 1.98. The van der Waals surface area contributed by atoms with Crippen molar-refractivity contribution in [3.63, 3.8) is 0 Å². The van der Waals surface area contributed by atoms with Gasteiger partial charge in [0.1, 0.15) is 17.2 Å². The molecule has 4 heteroatoms. The SMILES string of the molecule is O=C(O)c1cc(COc2ccccc2)cs1. The van der Waals surface area contributed by atoms with Crippen LogP contribution in [0.15, 0.2) is 41.8 Å². The van der Waals surface area contributed by atoms with Crippen LogP contribution in [0, 0.1) is 0 Å². The first kappa shape index (κ1) is 10.7. The standard InChI is InChI=1S/C12H10O3S/c13-12(14)11-6-9(8-16-11)7-15-10-4-2-1-3-5-10/h1-6,8H,7H2,(H,13,14). The third kappa shape index (κ3) is 2.61. The molecule has 1 aromatic carbocycles. The summed E-state index contributed by atoms with van der Waals surface area (Å²) in [6, 6.07) is 11.1. The predicted octanol–water partition coefficient (Wildman–Crippen LogP) is 3.03. The molecule has 0 spiro atoms. The highest BCUT2D eigenvalue weighted by atomic mass is 32.1. The van der Waals surface area contributed by atoms with E-state index in [9.17, 15) is 4.79 Å². The van der Waals surface area contributed by atoms with E-state index >= 15 is 0 Å². The largest absolute Gasteiger partial charge is 0.489 e. The summed E-state index contributed by atoms with van der Waals surface area (Å²) in [5.74, 6) is -0.110. The highest BCUT2D eigenvalue weighted by Crippen LogP contribution is 2.17. The van der Waals surface area contributed by atoms with Gasteiger partial charge >= 0.3 is 5.97 Å². The zero-order chi connectivity index (χ0) is 11.4. The van der Waals surface area contributed by atoms with Gasteiger partial charge in [0, 0.05) is 5.56 Å². The maximum Gasteiger partial charge on any atom is 0.345 e. The summed E-state index contributed by atoms with van der Waals surface area (Å²) < 4.78 is 5.50. The lowest BCUT2D eigenvalue weighted by Crippen LogP contribution is -1.94. The monoisotopic (exact) mass is 234 g/mol. The van der Waals surface area contributed by atoms with Crippen LogP contribution in [0.2, 0.25) is 0 Å². The van der Waals surface area contributed by atoms with E-state index in [1.54, 1.807) is 11.4 Å². The van der Waals surface area contributed by atoms with Crippen LogP contribution in [-0.4, -0.2) is 11.1 Å². The summed E-state index contributed by atoms with van der Waals surface area (Å²) in [5, 5.41) is 10.6. The molecule has 0 aliphatic carbocycles. The van der Waals surface area contributed by atoms with E-state index in [-0.39, 0.29) is 0 Å². The summed E-state index contributed by atoms with van der Waals surface area (Å²) in [5.41, 5.74) is 0.881. The molecule has 2 rings (SSSR count). The number of rotatable bonds is 4. The van der Waals surface area contributed by atoms with Crippen molar-refractivity contribution in [2.24, 2.45) is 0 Å². The van der Waals surface area contributed by atoms with Crippen molar-refractivity contribution in [1.82, 2.24) is 0 Å². The minimum Gasteiger partial charge on any atom is -0.489 e. The van der Waals surface area contributed by atoms with E-state index in [1.807, 2.05) is 30.3 Å². The van der Waals surface area contributed by atoms with Gasteiger partial charge < -0.3 is 9.84 Å². The number of hydrogen-bond acceptors (Lipinski definition) is 3. The van der Waals surface area contributed by atoms with Gasteiger partial charge in [0.2, 0.25) is 0 Å². The van der Waals surface area contributed by atoms with Crippen LogP contribution in [-0.2, 0) is 6.61 Å². The quantitative estimate of drug-likeness (QED) is 0.884. The number of carbonyl (C=O) groups is 1. The molecule has 0 fully saturated rings. The Morgan fingerprint density at radius 3 is 2.69 bits per heavy atom. The fourth-order valence-electron chi connectivity index (χ4n) is 1.25. The number of aromatic carboxylic acids is 1. The molecule has 0 bridgehead atoms. The highest BCUT2D eigenvalue weighted by molar-refractivity contribution is 7.12. The number of ether oxygens (including phenoxy) is 1. The topological polar surface area (TPSA) is 46.5 Å². The Morgan fingerprint density at radius 2 is 2.06 bits per heavy atom. The highest BCUT2D eigenvalue weighted by Gasteiger charge is 2.06. The van der Waals surface area contributed by atoms with Crippen LogP contribution >= 0.6 is 11.3 Å². The van der Waals surface area contributed by atoms with Gasteiger partial charge in [0.05, 0.1) is 0 Å². The second-order valence-electron chi connectivity index (χ2n) is 3.23. The minimum absolute atomic E-state index is 0.340. The number of hydrogen-bond donors (Lipinski definition) is 1. The van der Waals surface area contributed by atoms with E-state index in [1.165, 1.54) is 11.3 Å². The van der Waals surface area contributed by atoms with Gasteiger partial charge in [-0.1, -0.05) is 18.2 Å². The van der Waals surface area contributed by atoms with Crippen LogP contribution in [0.3, 0.4) is 0 Å². The van der Waals surface area contributed by atoms with Gasteiger partial charge in [-0.2, -0.15) is 0 Å². The normalized spacial score (nSPS) is 10.0. The Bertz CT molecular complexity index is 476. The fraction of sp³-hybridized carbons (Fsp3) is 0.0833. The summed E-state index contributed by atoms with van der Waals surface area (Å²) in [7, 11) is 0. The van der Waals surface area contributed by atoms with Crippen molar-refractivity contribution in [2.75, 3.05) is 0 Å². The first-order valence-electron chi connectivity index (χ1n) is 4.74. The van der Waals surface area contributed by atoms with Crippen LogP contribution in [0.4, 0.5) is 0 Å². The first-order valence-corrected chi connectivity index (χ1v) is 5.62. The third-order valence-corrected chi connectivity index (χ3v) is 2.98. The van der Waals surface area contributed by atoms with Gasteiger partial charge in [-0.3, -0.25) is 0 Å². The maximum absolute atomic E-state index is 10.7. The lowest BCUT2D eigenvalue weighted by molar-refractivity contribution is 0.0702. The number of para-hydroxylation sites is 1. The van der Waals surface area contributed by atoms with E-state index in [4.69, 9.17) is 9.84 Å². The van der Waals surface area contributed by atoms with E-state index in [0.29, 0.717) is 11.5 Å². The van der Waals surface area contributed by atoms with Crippen molar-refractivity contribution < 1.29 is 14.6 Å². The molecule has 0 atom stereocenters. The molecular formula is C12H10O3S. The zero-order valence-electron chi connectivity index (χ0n) is 8.42. The second kappa shape index (κ2) is 4.81. The minimum atomic E-state index is -0.893. The van der Waals surface area contributed by atoms with E-state index in [0.717, 1.165) is 11.3 Å². The Labute approximate surface area is 96.9 Å². The van der Waals surface area contributed by atoms with Crippen molar-refractivity contribution >= 4 is 17.3 Å². The Kier molecular flexibility index (Phi) is 3.22. The molecule has 1 heterocycles. The average Bonchev–Trinajstić information content (AvgIpc) is 2.76. The number of benzene rings is 1. The molecule has 82 valence electrons. The van der Waals surface area contributed by atoms with Crippen molar-refractivity contribution in [3.8, 4) is 5.75 Å². The molecule has 0 aliphatic rings. The lowest BCUT2D eigenvalue weighted by Gasteiger charge is -2.03. The third-order valence-electron chi connectivity index (χ3n) is 2.01. The predicted molar refractivity (Wildman–Crippen MR) is 62.1 cm³/mol. The van der Waals surface area contributed by atoms with E-state index in [2.05, 4.69) is 0 Å². The van der Waals surface area contributed by atoms with E-state index < -0.39 is 5.97 Å². The van der Waals surface area contributed by atoms with Crippen molar-refractivity contribution in [3.05, 3.63) is 52.2 Å². The Morgan fingerprint density at radius 1 is 1.31 bits per heavy atom. The molecule has 0 radical (unpaired) electrons. The Hall–Kier alpha value is -1.81. The van der Waals surface area contributed by atoms with Gasteiger partial charge in [0.15, 0.2) is 0 Å². The molecule has 0 aliphatic heterocycles. The Balaban J connectivity index is 1.97. The summed E-state index contributed by atoms with van der Waals surface area (Å²) >= 11 is 1.21. The van der Waals surface area contributed by atoms with Gasteiger partial charge in [0.25, 0.3) is 0 Å². The lowest BCUT2D eigenvalue weighted by atomic mass is 10.3. The van der Waals surface area contributed by atoms with Gasteiger partial charge in [-0.05, 0) is 23.6 Å².